The molecule has 9 nitrogen and oxygen atoms in total. The number of terminal acetylenes is 1. The second-order valence-corrected chi connectivity index (χ2v) is 12.0. The highest BCUT2D eigenvalue weighted by molar-refractivity contribution is 6.04. The van der Waals surface area contributed by atoms with Crippen molar-refractivity contribution in [3.8, 4) is 41.2 Å². The van der Waals surface area contributed by atoms with E-state index in [0.717, 1.165) is 51.6 Å². The van der Waals surface area contributed by atoms with Crippen molar-refractivity contribution in [1.82, 2.24) is 19.9 Å². The maximum atomic E-state index is 16.8. The second-order valence-electron chi connectivity index (χ2n) is 12.0. The summed E-state index contributed by atoms with van der Waals surface area (Å²) < 4.78 is 43.5. The Morgan fingerprint density at radius 1 is 1.14 bits per heavy atom. The van der Waals surface area contributed by atoms with E-state index in [1.54, 1.807) is 0 Å². The van der Waals surface area contributed by atoms with Crippen molar-refractivity contribution >= 4 is 27.5 Å². The highest BCUT2D eigenvalue weighted by Crippen LogP contribution is 2.43. The second kappa shape index (κ2) is 11.0. The van der Waals surface area contributed by atoms with Crippen LogP contribution in [0, 0.1) is 29.9 Å². The molecule has 1 unspecified atom stereocenters. The molecule has 228 valence electrons. The van der Waals surface area contributed by atoms with Gasteiger partial charge >= 0.3 is 6.01 Å². The molecule has 0 bridgehead atoms. The minimum atomic E-state index is -0.844. The highest BCUT2D eigenvalue weighted by atomic mass is 19.1. The van der Waals surface area contributed by atoms with Gasteiger partial charge in [0.2, 0.25) is 5.88 Å². The molecule has 2 aromatic carbocycles. The molecule has 3 N–H and O–H groups in total. The van der Waals surface area contributed by atoms with Crippen molar-refractivity contribution in [3.63, 3.8) is 0 Å². The van der Waals surface area contributed by atoms with Gasteiger partial charge in [-0.2, -0.15) is 9.97 Å². The number of nitrogens with zero attached hydrogens (tertiary/aromatic N) is 4. The number of halogens is 2. The lowest BCUT2D eigenvalue weighted by Crippen LogP contribution is -2.43. The number of anilines is 1. The average molecular weight is 602 g/mol. The van der Waals surface area contributed by atoms with Crippen LogP contribution in [0.25, 0.3) is 32.9 Å². The van der Waals surface area contributed by atoms with Gasteiger partial charge in [-0.25, -0.2) is 13.8 Å². The standard InChI is InChI=1S/C33H33F2N5O4/c1-3-21-23(34)9-8-19-14-20(42)15-22(25(19)21)28-27(35)29-26(31(37-28)43-2)30(36-24(16-41)18-6-7-18)39-32(38-29)44-17-33-10-4-12-40(33)13-5-11-33/h1,8-9,14-15,18,24,41-42H,4-7,10-13,16-17H2,2H3,(H,36,38,39). The molecular formula is C33H33F2N5O4. The predicted octanol–water partition coefficient (Wildman–Crippen LogP) is 5.01. The summed E-state index contributed by atoms with van der Waals surface area (Å²) in [6.45, 7) is 2.26. The van der Waals surface area contributed by atoms with Crippen molar-refractivity contribution in [3.05, 3.63) is 41.5 Å². The third-order valence-corrected chi connectivity index (χ3v) is 9.37. The van der Waals surface area contributed by atoms with Gasteiger partial charge in [0.1, 0.15) is 40.6 Å². The van der Waals surface area contributed by atoms with E-state index in [9.17, 15) is 14.6 Å². The molecule has 4 aromatic rings. The van der Waals surface area contributed by atoms with Gasteiger partial charge in [0, 0.05) is 10.9 Å². The number of pyridine rings is 1. The third kappa shape index (κ3) is 4.73. The predicted molar refractivity (Wildman–Crippen MR) is 162 cm³/mol. The number of nitrogens with one attached hydrogen (secondary N) is 1. The SMILES string of the molecule is C#Cc1c(F)ccc2cc(O)cc(-c3nc(OC)c4c(NC(CO)C5CC5)nc(OCC56CCCN5CCC6)nc4c3F)c12. The topological polar surface area (TPSA) is 113 Å². The summed E-state index contributed by atoms with van der Waals surface area (Å²) >= 11 is 0. The Bertz CT molecular complexity index is 1810. The van der Waals surface area contributed by atoms with Crippen LogP contribution in [0.2, 0.25) is 0 Å². The van der Waals surface area contributed by atoms with Gasteiger partial charge in [0.25, 0.3) is 0 Å². The Morgan fingerprint density at radius 2 is 1.91 bits per heavy atom. The minimum Gasteiger partial charge on any atom is -0.508 e. The first-order valence-corrected chi connectivity index (χ1v) is 15.0. The number of phenolic OH excluding ortho intramolecular Hbond substituents is 1. The maximum Gasteiger partial charge on any atom is 0.319 e. The number of ether oxygens (including phenoxy) is 2. The number of hydrogen-bond acceptors (Lipinski definition) is 9. The molecule has 0 radical (unpaired) electrons. The zero-order valence-electron chi connectivity index (χ0n) is 24.4. The summed E-state index contributed by atoms with van der Waals surface area (Å²) in [6, 6.07) is 5.04. The van der Waals surface area contributed by atoms with E-state index in [1.807, 2.05) is 0 Å². The Hall–Kier alpha value is -4.27. The normalized spacial score (nSPS) is 18.3. The van der Waals surface area contributed by atoms with Gasteiger partial charge in [0.15, 0.2) is 5.82 Å². The molecule has 1 saturated carbocycles. The first-order valence-electron chi connectivity index (χ1n) is 15.0. The summed E-state index contributed by atoms with van der Waals surface area (Å²) in [7, 11) is 1.39. The van der Waals surface area contributed by atoms with Crippen molar-refractivity contribution in [2.45, 2.75) is 50.1 Å². The molecule has 2 saturated heterocycles. The first kappa shape index (κ1) is 28.5. The van der Waals surface area contributed by atoms with Gasteiger partial charge in [-0.3, -0.25) is 4.90 Å². The lowest BCUT2D eigenvalue weighted by molar-refractivity contribution is 0.108. The number of aliphatic hydroxyl groups is 1. The van der Waals surface area contributed by atoms with Crippen molar-refractivity contribution in [2.75, 3.05) is 38.7 Å². The summed E-state index contributed by atoms with van der Waals surface area (Å²) in [5.41, 5.74) is -0.458. The van der Waals surface area contributed by atoms with Crippen LogP contribution in [0.1, 0.15) is 44.1 Å². The number of benzene rings is 2. The van der Waals surface area contributed by atoms with Crippen LogP contribution in [0.4, 0.5) is 14.6 Å². The van der Waals surface area contributed by atoms with E-state index in [-0.39, 0.29) is 80.7 Å². The van der Waals surface area contributed by atoms with Crippen LogP contribution >= 0.6 is 0 Å². The van der Waals surface area contributed by atoms with E-state index >= 15 is 4.39 Å². The van der Waals surface area contributed by atoms with Crippen molar-refractivity contribution < 1.29 is 28.5 Å². The lowest BCUT2D eigenvalue weighted by Gasteiger charge is -2.31. The fourth-order valence-electron chi connectivity index (χ4n) is 7.01. The van der Waals surface area contributed by atoms with Crippen molar-refractivity contribution in [2.24, 2.45) is 5.92 Å². The van der Waals surface area contributed by atoms with Crippen molar-refractivity contribution in [1.29, 1.82) is 0 Å². The first-order chi connectivity index (χ1) is 21.4. The lowest BCUT2D eigenvalue weighted by atomic mass is 9.95. The van der Waals surface area contributed by atoms with E-state index in [4.69, 9.17) is 15.9 Å². The molecule has 2 aromatic heterocycles. The molecule has 0 amide bonds. The fourth-order valence-corrected chi connectivity index (χ4v) is 7.01. The summed E-state index contributed by atoms with van der Waals surface area (Å²) in [4.78, 5) is 16.1. The van der Waals surface area contributed by atoms with Gasteiger partial charge in [-0.1, -0.05) is 12.0 Å². The van der Waals surface area contributed by atoms with Gasteiger partial charge in [-0.05, 0) is 81.1 Å². The number of aliphatic hydroxyl groups excluding tert-OH is 1. The molecule has 1 atom stereocenters. The van der Waals surface area contributed by atoms with Gasteiger partial charge in [-0.15, -0.1) is 6.42 Å². The summed E-state index contributed by atoms with van der Waals surface area (Å²) in [5, 5.41) is 24.8. The molecule has 4 heterocycles. The van der Waals surface area contributed by atoms with E-state index in [1.165, 1.54) is 31.4 Å². The van der Waals surface area contributed by atoms with Crippen LogP contribution in [0.3, 0.4) is 0 Å². The Kier molecular flexibility index (Phi) is 7.14. The number of aromatic hydroxyl groups is 1. The number of hydrogen-bond donors (Lipinski definition) is 3. The molecule has 11 heteroatoms. The number of rotatable bonds is 9. The van der Waals surface area contributed by atoms with Crippen LogP contribution in [-0.4, -0.2) is 75.1 Å². The fraction of sp³-hybridized carbons (Fsp3) is 0.424. The number of fused-ring (bicyclic) bond motifs is 3. The van der Waals surface area contributed by atoms with E-state index in [0.29, 0.717) is 12.0 Å². The minimum absolute atomic E-state index is 0.00412. The van der Waals surface area contributed by atoms with Gasteiger partial charge < -0.3 is 25.0 Å². The average Bonchev–Trinajstić information content (AvgIpc) is 3.67. The Balaban J connectivity index is 1.42. The largest absolute Gasteiger partial charge is 0.508 e. The molecule has 2 aliphatic heterocycles. The monoisotopic (exact) mass is 601 g/mol. The number of methoxy groups -OCH3 is 1. The maximum absolute atomic E-state index is 16.8. The van der Waals surface area contributed by atoms with Crippen LogP contribution in [-0.2, 0) is 0 Å². The van der Waals surface area contributed by atoms with E-state index in [2.05, 4.69) is 31.1 Å². The third-order valence-electron chi connectivity index (χ3n) is 9.37. The number of aromatic nitrogens is 3. The summed E-state index contributed by atoms with van der Waals surface area (Å²) in [5.74, 6) is 1.16. The zero-order valence-corrected chi connectivity index (χ0v) is 24.4. The Labute approximate surface area is 253 Å². The van der Waals surface area contributed by atoms with Crippen LogP contribution in [0.5, 0.6) is 17.6 Å². The summed E-state index contributed by atoms with van der Waals surface area (Å²) in [6.07, 6.45) is 11.8. The zero-order chi connectivity index (χ0) is 30.6. The molecular weight excluding hydrogens is 568 g/mol. The molecule has 1 aliphatic carbocycles. The molecule has 3 aliphatic rings. The van der Waals surface area contributed by atoms with Crippen LogP contribution < -0.4 is 14.8 Å². The quantitative estimate of drug-likeness (QED) is 0.228. The molecule has 44 heavy (non-hydrogen) atoms. The molecule has 3 fully saturated rings. The Morgan fingerprint density at radius 3 is 2.59 bits per heavy atom. The number of phenols is 1. The molecule has 7 rings (SSSR count). The van der Waals surface area contributed by atoms with E-state index < -0.39 is 11.6 Å². The highest BCUT2D eigenvalue weighted by Gasteiger charge is 2.45. The molecule has 0 spiro atoms. The van der Waals surface area contributed by atoms with Crippen LogP contribution in [0.15, 0.2) is 24.3 Å². The smallest absolute Gasteiger partial charge is 0.319 e. The van der Waals surface area contributed by atoms with Gasteiger partial charge in [0.05, 0.1) is 30.9 Å².